The Morgan fingerprint density at radius 3 is 2.29 bits per heavy atom. The van der Waals surface area contributed by atoms with Crippen molar-refractivity contribution in [3.05, 3.63) is 59.4 Å². The van der Waals surface area contributed by atoms with E-state index in [1.807, 2.05) is 0 Å². The van der Waals surface area contributed by atoms with E-state index in [-0.39, 0.29) is 6.54 Å². The van der Waals surface area contributed by atoms with Crippen molar-refractivity contribution in [1.82, 2.24) is 5.43 Å². The Labute approximate surface area is 118 Å². The third-order valence-electron chi connectivity index (χ3n) is 2.80. The van der Waals surface area contributed by atoms with Crippen LogP contribution in [0, 0.1) is 5.82 Å². The van der Waals surface area contributed by atoms with Gasteiger partial charge in [0.25, 0.3) is 0 Å². The molecular formula is C14H12F4N2O. The first kappa shape index (κ1) is 15.1. The van der Waals surface area contributed by atoms with Crippen molar-refractivity contribution in [2.24, 2.45) is 0 Å². The van der Waals surface area contributed by atoms with E-state index >= 15 is 0 Å². The number of para-hydroxylation sites is 1. The third-order valence-corrected chi connectivity index (χ3v) is 2.80. The summed E-state index contributed by atoms with van der Waals surface area (Å²) in [4.78, 5) is 0. The summed E-state index contributed by atoms with van der Waals surface area (Å²) in [5, 5.41) is 9.57. The number of hydrogen-bond donors (Lipinski definition) is 3. The molecule has 112 valence electrons. The van der Waals surface area contributed by atoms with Gasteiger partial charge in [-0.05, 0) is 24.3 Å². The van der Waals surface area contributed by atoms with Gasteiger partial charge in [0.2, 0.25) is 0 Å². The molecule has 0 heterocycles. The molecule has 0 aliphatic heterocycles. The summed E-state index contributed by atoms with van der Waals surface area (Å²) in [7, 11) is 0. The summed E-state index contributed by atoms with van der Waals surface area (Å²) in [6, 6.07) is 9.94. The van der Waals surface area contributed by atoms with Crippen LogP contribution < -0.4 is 10.9 Å². The molecule has 3 N–H and O–H groups in total. The SMILES string of the molecule is Oc1c(C(F)(F)F)ccc(F)c1CNNc1ccccc1. The molecule has 0 bridgehead atoms. The number of aromatic hydroxyl groups is 1. The molecule has 0 aromatic heterocycles. The quantitative estimate of drug-likeness (QED) is 0.596. The van der Waals surface area contributed by atoms with Crippen LogP contribution in [0.3, 0.4) is 0 Å². The predicted molar refractivity (Wildman–Crippen MR) is 70.0 cm³/mol. The maximum absolute atomic E-state index is 13.5. The highest BCUT2D eigenvalue weighted by Gasteiger charge is 2.35. The Balaban J connectivity index is 2.13. The molecule has 0 aliphatic carbocycles. The molecule has 0 spiro atoms. The largest absolute Gasteiger partial charge is 0.507 e. The Morgan fingerprint density at radius 1 is 1.00 bits per heavy atom. The zero-order chi connectivity index (χ0) is 15.5. The van der Waals surface area contributed by atoms with Crippen molar-refractivity contribution in [2.45, 2.75) is 12.7 Å². The molecule has 7 heteroatoms. The zero-order valence-corrected chi connectivity index (χ0v) is 10.7. The highest BCUT2D eigenvalue weighted by atomic mass is 19.4. The van der Waals surface area contributed by atoms with Gasteiger partial charge in [-0.3, -0.25) is 0 Å². The van der Waals surface area contributed by atoms with Crippen LogP contribution in [0.2, 0.25) is 0 Å². The number of alkyl halides is 3. The fourth-order valence-corrected chi connectivity index (χ4v) is 1.76. The maximum atomic E-state index is 13.5. The summed E-state index contributed by atoms with van der Waals surface area (Å²) < 4.78 is 51.4. The second-order valence-electron chi connectivity index (χ2n) is 4.26. The fourth-order valence-electron chi connectivity index (χ4n) is 1.76. The van der Waals surface area contributed by atoms with Gasteiger partial charge >= 0.3 is 6.18 Å². The van der Waals surface area contributed by atoms with Crippen molar-refractivity contribution in [2.75, 3.05) is 5.43 Å². The number of rotatable bonds is 4. The number of nitrogens with one attached hydrogen (secondary N) is 2. The molecule has 0 aliphatic rings. The van der Waals surface area contributed by atoms with Gasteiger partial charge in [0, 0.05) is 17.8 Å². The average Bonchev–Trinajstić information content (AvgIpc) is 2.42. The van der Waals surface area contributed by atoms with E-state index < -0.39 is 28.9 Å². The van der Waals surface area contributed by atoms with Crippen LogP contribution in [0.4, 0.5) is 23.2 Å². The predicted octanol–water partition coefficient (Wildman–Crippen LogP) is 3.67. The van der Waals surface area contributed by atoms with E-state index in [2.05, 4.69) is 10.9 Å². The number of benzene rings is 2. The minimum atomic E-state index is -4.74. The van der Waals surface area contributed by atoms with E-state index in [1.54, 1.807) is 30.3 Å². The van der Waals surface area contributed by atoms with Gasteiger partial charge in [-0.25, -0.2) is 9.82 Å². The molecule has 0 unspecified atom stereocenters. The molecule has 2 aromatic carbocycles. The van der Waals surface area contributed by atoms with Gasteiger partial charge in [0.1, 0.15) is 11.6 Å². The average molecular weight is 300 g/mol. The number of phenolic OH excluding ortho intramolecular Hbond substituents is 1. The van der Waals surface area contributed by atoms with E-state index in [0.717, 1.165) is 0 Å². The number of anilines is 1. The first-order valence-corrected chi connectivity index (χ1v) is 6.01. The molecule has 2 aromatic rings. The molecule has 3 nitrogen and oxygen atoms in total. The lowest BCUT2D eigenvalue weighted by molar-refractivity contribution is -0.138. The summed E-state index contributed by atoms with van der Waals surface area (Å²) in [6.07, 6.45) is -4.74. The number of phenols is 1. The third kappa shape index (κ3) is 3.63. The molecule has 0 saturated carbocycles. The van der Waals surface area contributed by atoms with Gasteiger partial charge < -0.3 is 10.5 Å². The Bertz CT molecular complexity index is 614. The second-order valence-corrected chi connectivity index (χ2v) is 4.26. The van der Waals surface area contributed by atoms with E-state index in [1.165, 1.54) is 0 Å². The summed E-state index contributed by atoms with van der Waals surface area (Å²) >= 11 is 0. The van der Waals surface area contributed by atoms with Gasteiger partial charge in [0.05, 0.1) is 5.56 Å². The van der Waals surface area contributed by atoms with E-state index in [4.69, 9.17) is 0 Å². The van der Waals surface area contributed by atoms with E-state index in [0.29, 0.717) is 17.8 Å². The highest BCUT2D eigenvalue weighted by Crippen LogP contribution is 2.38. The molecule has 0 amide bonds. The van der Waals surface area contributed by atoms with Crippen molar-refractivity contribution < 1.29 is 22.7 Å². The molecule has 0 fully saturated rings. The first-order valence-electron chi connectivity index (χ1n) is 6.01. The number of hydrazine groups is 1. The molecule has 0 radical (unpaired) electrons. The van der Waals surface area contributed by atoms with Crippen LogP contribution in [-0.4, -0.2) is 5.11 Å². The van der Waals surface area contributed by atoms with Gasteiger partial charge in [-0.2, -0.15) is 13.2 Å². The van der Waals surface area contributed by atoms with Crippen LogP contribution in [0.1, 0.15) is 11.1 Å². The monoisotopic (exact) mass is 300 g/mol. The van der Waals surface area contributed by atoms with Crippen LogP contribution in [0.5, 0.6) is 5.75 Å². The molecule has 21 heavy (non-hydrogen) atoms. The normalized spacial score (nSPS) is 11.4. The topological polar surface area (TPSA) is 44.3 Å². The van der Waals surface area contributed by atoms with Crippen LogP contribution in [-0.2, 0) is 12.7 Å². The Morgan fingerprint density at radius 2 is 1.67 bits per heavy atom. The minimum absolute atomic E-state index is 0.309. The highest BCUT2D eigenvalue weighted by molar-refractivity contribution is 5.44. The van der Waals surface area contributed by atoms with Crippen molar-refractivity contribution in [1.29, 1.82) is 0 Å². The van der Waals surface area contributed by atoms with Crippen LogP contribution in [0.15, 0.2) is 42.5 Å². The minimum Gasteiger partial charge on any atom is -0.507 e. The van der Waals surface area contributed by atoms with Crippen molar-refractivity contribution in [3.63, 3.8) is 0 Å². The molecular weight excluding hydrogens is 288 g/mol. The number of hydrogen-bond acceptors (Lipinski definition) is 3. The van der Waals surface area contributed by atoms with Gasteiger partial charge in [0.15, 0.2) is 0 Å². The first-order chi connectivity index (χ1) is 9.89. The Hall–Kier alpha value is -2.28. The lowest BCUT2D eigenvalue weighted by Crippen LogP contribution is -2.22. The van der Waals surface area contributed by atoms with Crippen molar-refractivity contribution >= 4 is 5.69 Å². The van der Waals surface area contributed by atoms with Gasteiger partial charge in [-0.1, -0.05) is 18.2 Å². The van der Waals surface area contributed by atoms with Crippen LogP contribution >= 0.6 is 0 Å². The van der Waals surface area contributed by atoms with E-state index in [9.17, 15) is 22.7 Å². The molecule has 0 saturated heterocycles. The van der Waals surface area contributed by atoms with Crippen molar-refractivity contribution in [3.8, 4) is 5.75 Å². The second kappa shape index (κ2) is 6.01. The molecule has 0 atom stereocenters. The summed E-state index contributed by atoms with van der Waals surface area (Å²) in [5.74, 6) is -2.02. The summed E-state index contributed by atoms with van der Waals surface area (Å²) in [6.45, 7) is -0.309. The Kier molecular flexibility index (Phi) is 4.32. The maximum Gasteiger partial charge on any atom is 0.419 e. The lowest BCUT2D eigenvalue weighted by atomic mass is 10.1. The number of halogens is 4. The fraction of sp³-hybridized carbons (Fsp3) is 0.143. The molecule has 2 rings (SSSR count). The summed E-state index contributed by atoms with van der Waals surface area (Å²) in [5.41, 5.74) is 4.20. The lowest BCUT2D eigenvalue weighted by Gasteiger charge is -2.14. The smallest absolute Gasteiger partial charge is 0.419 e. The standard InChI is InChI=1S/C14H12F4N2O/c15-12-7-6-11(14(16,17)18)13(21)10(12)8-19-20-9-4-2-1-3-5-9/h1-7,19-21H,8H2. The van der Waals surface area contributed by atoms with Gasteiger partial charge in [-0.15, -0.1) is 0 Å². The van der Waals surface area contributed by atoms with Crippen LogP contribution in [0.25, 0.3) is 0 Å². The zero-order valence-electron chi connectivity index (χ0n) is 10.7.